The molecule has 172 valence electrons. The van der Waals surface area contributed by atoms with Crippen LogP contribution in [-0.2, 0) is 26.3 Å². The molecule has 3 amide bonds. The van der Waals surface area contributed by atoms with E-state index in [2.05, 4.69) is 10.6 Å². The van der Waals surface area contributed by atoms with Crippen LogP contribution in [0.3, 0.4) is 0 Å². The van der Waals surface area contributed by atoms with Crippen molar-refractivity contribution in [2.24, 2.45) is 11.8 Å². The van der Waals surface area contributed by atoms with Crippen molar-refractivity contribution in [3.63, 3.8) is 0 Å². The summed E-state index contributed by atoms with van der Waals surface area (Å²) in [6.45, 7) is 2.17. The van der Waals surface area contributed by atoms with Gasteiger partial charge in [0.15, 0.2) is 0 Å². The van der Waals surface area contributed by atoms with Gasteiger partial charge in [0.2, 0.25) is 17.7 Å². The van der Waals surface area contributed by atoms with Crippen LogP contribution in [0.4, 0.5) is 5.69 Å². The van der Waals surface area contributed by atoms with Crippen LogP contribution < -0.4 is 10.6 Å². The highest BCUT2D eigenvalue weighted by atomic mass is 35.5. The van der Waals surface area contributed by atoms with Crippen molar-refractivity contribution in [2.45, 2.75) is 31.3 Å². The molecule has 3 aliphatic rings. The molecule has 2 fully saturated rings. The Labute approximate surface area is 202 Å². The zero-order valence-electron chi connectivity index (χ0n) is 18.6. The molecule has 1 spiro atoms. The predicted octanol–water partition coefficient (Wildman–Crippen LogP) is 3.36. The minimum atomic E-state index is -1.26. The smallest absolute Gasteiger partial charge is 0.250 e. The number of nitrogens with one attached hydrogen (secondary N) is 2. The van der Waals surface area contributed by atoms with E-state index in [-0.39, 0.29) is 23.8 Å². The summed E-state index contributed by atoms with van der Waals surface area (Å²) in [5.74, 6) is -1.23. The summed E-state index contributed by atoms with van der Waals surface area (Å²) >= 11 is 8.00. The number of carbonyl (C=O) groups is 3. The van der Waals surface area contributed by atoms with Crippen LogP contribution in [-0.4, -0.2) is 47.2 Å². The van der Waals surface area contributed by atoms with Gasteiger partial charge in [0.05, 0.1) is 17.5 Å². The number of fused-ring (bicyclic) bond motifs is 4. The van der Waals surface area contributed by atoms with Gasteiger partial charge < -0.3 is 5.32 Å². The third-order valence-electron chi connectivity index (χ3n) is 7.28. The molecule has 2 aromatic carbocycles. The number of benzene rings is 2. The number of hydrogen-bond acceptors (Lipinski definition) is 5. The molecule has 3 aliphatic heterocycles. The maximum absolute atomic E-state index is 13.8. The number of anilines is 1. The highest BCUT2D eigenvalue weighted by molar-refractivity contribution is 7.98. The van der Waals surface area contributed by atoms with Crippen molar-refractivity contribution in [1.82, 2.24) is 10.2 Å². The standard InChI is InChI=1S/C25H26ClN3O3S/c1-14-17(26)9-8-16-21(14)27-24(32)25(16)20-19(18(28-25)11-13-33-2)22(30)29(23(20)31)12-10-15-6-4-3-5-7-15/h3-9,18-20,28H,10-13H2,1-2H3,(H,27,32)/t18-,19+,20+,25-/m0/s1. The molecule has 0 saturated carbocycles. The van der Waals surface area contributed by atoms with Crippen LogP contribution in [0.1, 0.15) is 23.1 Å². The zero-order chi connectivity index (χ0) is 23.3. The molecular formula is C25H26ClN3O3S. The number of carbonyl (C=O) groups excluding carboxylic acids is 3. The first kappa shape index (κ1) is 22.4. The van der Waals surface area contributed by atoms with Gasteiger partial charge in [-0.05, 0) is 49.0 Å². The van der Waals surface area contributed by atoms with E-state index in [0.29, 0.717) is 35.7 Å². The van der Waals surface area contributed by atoms with Crippen molar-refractivity contribution >= 4 is 46.8 Å². The van der Waals surface area contributed by atoms with Crippen molar-refractivity contribution < 1.29 is 14.4 Å². The number of imide groups is 1. The van der Waals surface area contributed by atoms with Crippen LogP contribution in [0.15, 0.2) is 42.5 Å². The number of likely N-dealkylation sites (tertiary alicyclic amines) is 1. The summed E-state index contributed by atoms with van der Waals surface area (Å²) in [7, 11) is 0. The number of amides is 3. The summed E-state index contributed by atoms with van der Waals surface area (Å²) in [4.78, 5) is 42.2. The van der Waals surface area contributed by atoms with E-state index in [1.807, 2.05) is 49.6 Å². The fraction of sp³-hybridized carbons (Fsp3) is 0.400. The number of thioether (sulfide) groups is 1. The normalized spacial score (nSPS) is 27.9. The van der Waals surface area contributed by atoms with Gasteiger partial charge in [-0.15, -0.1) is 0 Å². The van der Waals surface area contributed by atoms with Gasteiger partial charge >= 0.3 is 0 Å². The molecule has 0 aliphatic carbocycles. The maximum atomic E-state index is 13.8. The molecule has 0 radical (unpaired) electrons. The van der Waals surface area contributed by atoms with Crippen LogP contribution in [0.25, 0.3) is 0 Å². The lowest BCUT2D eigenvalue weighted by Gasteiger charge is -2.29. The van der Waals surface area contributed by atoms with Crippen LogP contribution in [0.2, 0.25) is 5.02 Å². The summed E-state index contributed by atoms with van der Waals surface area (Å²) in [6.07, 6.45) is 3.30. The first-order valence-electron chi connectivity index (χ1n) is 11.2. The molecule has 2 aromatic rings. The Kier molecular flexibility index (Phi) is 5.75. The van der Waals surface area contributed by atoms with E-state index in [4.69, 9.17) is 11.6 Å². The lowest BCUT2D eigenvalue weighted by molar-refractivity contribution is -0.142. The fourth-order valence-electron chi connectivity index (χ4n) is 5.65. The maximum Gasteiger partial charge on any atom is 0.250 e. The Morgan fingerprint density at radius 1 is 1.09 bits per heavy atom. The van der Waals surface area contributed by atoms with Gasteiger partial charge in [-0.3, -0.25) is 24.6 Å². The third kappa shape index (κ3) is 3.32. The molecule has 0 aromatic heterocycles. The summed E-state index contributed by atoms with van der Waals surface area (Å²) < 4.78 is 0. The first-order chi connectivity index (χ1) is 15.9. The van der Waals surface area contributed by atoms with E-state index in [1.165, 1.54) is 4.90 Å². The Morgan fingerprint density at radius 3 is 2.58 bits per heavy atom. The first-order valence-corrected chi connectivity index (χ1v) is 12.9. The molecule has 2 saturated heterocycles. The van der Waals surface area contributed by atoms with Crippen LogP contribution >= 0.6 is 23.4 Å². The molecule has 0 unspecified atom stereocenters. The number of nitrogens with zero attached hydrogens (tertiary/aromatic N) is 1. The van der Waals surface area contributed by atoms with Gasteiger partial charge in [-0.2, -0.15) is 11.8 Å². The van der Waals surface area contributed by atoms with E-state index in [9.17, 15) is 14.4 Å². The second kappa shape index (κ2) is 8.46. The van der Waals surface area contributed by atoms with E-state index in [1.54, 1.807) is 17.8 Å². The minimum Gasteiger partial charge on any atom is -0.324 e. The molecule has 3 heterocycles. The number of hydrogen-bond donors (Lipinski definition) is 2. The van der Waals surface area contributed by atoms with E-state index < -0.39 is 17.4 Å². The summed E-state index contributed by atoms with van der Waals surface area (Å²) in [6, 6.07) is 13.1. The minimum absolute atomic E-state index is 0.177. The highest BCUT2D eigenvalue weighted by Crippen LogP contribution is 2.54. The third-order valence-corrected chi connectivity index (χ3v) is 8.33. The average molecular weight is 484 g/mol. The summed E-state index contributed by atoms with van der Waals surface area (Å²) in [5, 5.41) is 6.99. The quantitative estimate of drug-likeness (QED) is 0.616. The Balaban J connectivity index is 1.54. The molecular weight excluding hydrogens is 458 g/mol. The molecule has 8 heteroatoms. The topological polar surface area (TPSA) is 78.5 Å². The monoisotopic (exact) mass is 483 g/mol. The highest BCUT2D eigenvalue weighted by Gasteiger charge is 2.70. The SMILES string of the molecule is CSCC[C@@H]1N[C@]2(C(=O)Nc3c2ccc(Cl)c3C)[C@H]2C(=O)N(CCc3ccccc3)C(=O)[C@H]12. The lowest BCUT2D eigenvalue weighted by atomic mass is 9.76. The van der Waals surface area contributed by atoms with Crippen molar-refractivity contribution in [2.75, 3.05) is 23.9 Å². The Morgan fingerprint density at radius 2 is 1.85 bits per heavy atom. The van der Waals surface area contributed by atoms with E-state index >= 15 is 0 Å². The Hall–Kier alpha value is -2.35. The molecule has 0 bridgehead atoms. The van der Waals surface area contributed by atoms with Crippen molar-refractivity contribution in [1.29, 1.82) is 0 Å². The molecule has 4 atom stereocenters. The van der Waals surface area contributed by atoms with Gasteiger partial charge in [-0.25, -0.2) is 0 Å². The van der Waals surface area contributed by atoms with Gasteiger partial charge in [-0.1, -0.05) is 48.0 Å². The average Bonchev–Trinajstić information content (AvgIpc) is 3.39. The van der Waals surface area contributed by atoms with Gasteiger partial charge in [0.1, 0.15) is 5.54 Å². The fourth-order valence-corrected chi connectivity index (χ4v) is 6.30. The van der Waals surface area contributed by atoms with Crippen LogP contribution in [0, 0.1) is 18.8 Å². The number of rotatable bonds is 6. The summed E-state index contributed by atoms with van der Waals surface area (Å²) in [5.41, 5.74) is 1.93. The molecule has 33 heavy (non-hydrogen) atoms. The molecule has 2 N–H and O–H groups in total. The number of halogens is 1. The van der Waals surface area contributed by atoms with E-state index in [0.717, 1.165) is 16.9 Å². The second-order valence-corrected chi connectivity index (χ2v) is 10.3. The van der Waals surface area contributed by atoms with Crippen LogP contribution in [0.5, 0.6) is 0 Å². The van der Waals surface area contributed by atoms with Gasteiger partial charge in [0.25, 0.3) is 0 Å². The lowest BCUT2D eigenvalue weighted by Crippen LogP contribution is -2.53. The Bertz CT molecular complexity index is 1140. The largest absolute Gasteiger partial charge is 0.324 e. The predicted molar refractivity (Wildman–Crippen MR) is 130 cm³/mol. The molecule has 6 nitrogen and oxygen atoms in total. The van der Waals surface area contributed by atoms with Crippen molar-refractivity contribution in [3.05, 3.63) is 64.2 Å². The van der Waals surface area contributed by atoms with Crippen molar-refractivity contribution in [3.8, 4) is 0 Å². The molecule has 5 rings (SSSR count). The van der Waals surface area contributed by atoms with Gasteiger partial charge in [0, 0.05) is 23.2 Å². The second-order valence-electron chi connectivity index (χ2n) is 8.96. The zero-order valence-corrected chi connectivity index (χ0v) is 20.1.